The molecular weight excluding hydrogens is 184 g/mol. The van der Waals surface area contributed by atoms with Crippen LogP contribution >= 0.6 is 0 Å². The summed E-state index contributed by atoms with van der Waals surface area (Å²) < 4.78 is 16.2. The predicted octanol–water partition coefficient (Wildman–Crippen LogP) is 0.330. The highest BCUT2D eigenvalue weighted by molar-refractivity contribution is 4.91. The van der Waals surface area contributed by atoms with Crippen LogP contribution < -0.4 is 0 Å². The molecule has 1 N–H and O–H groups in total. The van der Waals surface area contributed by atoms with E-state index >= 15 is 0 Å². The van der Waals surface area contributed by atoms with E-state index in [1.54, 1.807) is 7.11 Å². The average molecular weight is 202 g/mol. The third-order valence-electron chi connectivity index (χ3n) is 3.01. The van der Waals surface area contributed by atoms with E-state index in [2.05, 4.69) is 0 Å². The van der Waals surface area contributed by atoms with Gasteiger partial charge >= 0.3 is 0 Å². The van der Waals surface area contributed by atoms with Crippen LogP contribution in [0.3, 0.4) is 0 Å². The Bertz CT molecular complexity index is 179. The number of hydrogen-bond donors (Lipinski definition) is 1. The van der Waals surface area contributed by atoms with Crippen LogP contribution in [0.15, 0.2) is 0 Å². The minimum absolute atomic E-state index is 0.0548. The largest absolute Gasteiger partial charge is 0.390 e. The molecule has 2 rings (SSSR count). The predicted molar refractivity (Wildman–Crippen MR) is 50.1 cm³/mol. The van der Waals surface area contributed by atoms with Crippen molar-refractivity contribution in [3.63, 3.8) is 0 Å². The van der Waals surface area contributed by atoms with Gasteiger partial charge in [0.15, 0.2) is 0 Å². The zero-order chi connectivity index (χ0) is 9.97. The van der Waals surface area contributed by atoms with Crippen molar-refractivity contribution in [3.8, 4) is 0 Å². The van der Waals surface area contributed by atoms with Gasteiger partial charge in [0.25, 0.3) is 0 Å². The summed E-state index contributed by atoms with van der Waals surface area (Å²) in [6.45, 7) is 1.49. The minimum atomic E-state index is -0.352. The highest BCUT2D eigenvalue weighted by Gasteiger charge is 2.41. The van der Waals surface area contributed by atoms with Gasteiger partial charge in [-0.05, 0) is 12.8 Å². The van der Waals surface area contributed by atoms with E-state index in [-0.39, 0.29) is 24.4 Å². The van der Waals surface area contributed by atoms with Crippen molar-refractivity contribution in [2.45, 2.75) is 43.7 Å². The lowest BCUT2D eigenvalue weighted by Gasteiger charge is -2.40. The molecule has 1 aliphatic carbocycles. The summed E-state index contributed by atoms with van der Waals surface area (Å²) in [6, 6.07) is 0. The lowest BCUT2D eigenvalue weighted by atomic mass is 9.88. The van der Waals surface area contributed by atoms with Gasteiger partial charge in [0.05, 0.1) is 24.9 Å². The van der Waals surface area contributed by atoms with Gasteiger partial charge in [0.2, 0.25) is 0 Å². The Kier molecular flexibility index (Phi) is 3.38. The standard InChI is InChI=1S/C10H18O4/c1-12-10-8(11)5-9(10)14-6-7-3-2-4-13-7/h7-11H,2-6H2,1H3. The van der Waals surface area contributed by atoms with E-state index in [1.807, 2.05) is 0 Å². The summed E-state index contributed by atoms with van der Waals surface area (Å²) in [5.74, 6) is 0. The molecule has 0 spiro atoms. The molecule has 82 valence electrons. The molecule has 0 amide bonds. The molecule has 0 aromatic carbocycles. The van der Waals surface area contributed by atoms with Gasteiger partial charge in [0.1, 0.15) is 6.10 Å². The second-order valence-electron chi connectivity index (χ2n) is 4.01. The first-order chi connectivity index (χ1) is 6.81. The second-order valence-corrected chi connectivity index (χ2v) is 4.01. The Morgan fingerprint density at radius 3 is 2.93 bits per heavy atom. The summed E-state index contributed by atoms with van der Waals surface area (Å²) in [5.41, 5.74) is 0. The smallest absolute Gasteiger partial charge is 0.109 e. The van der Waals surface area contributed by atoms with Crippen molar-refractivity contribution < 1.29 is 19.3 Å². The van der Waals surface area contributed by atoms with Crippen molar-refractivity contribution in [2.24, 2.45) is 0 Å². The fraction of sp³-hybridized carbons (Fsp3) is 1.00. The summed E-state index contributed by atoms with van der Waals surface area (Å²) in [6.07, 6.45) is 2.73. The molecule has 4 atom stereocenters. The molecule has 2 fully saturated rings. The van der Waals surface area contributed by atoms with Crippen LogP contribution in [0.5, 0.6) is 0 Å². The third kappa shape index (κ3) is 2.08. The molecule has 0 aromatic heterocycles. The first kappa shape index (κ1) is 10.4. The molecule has 4 unspecified atom stereocenters. The zero-order valence-electron chi connectivity index (χ0n) is 8.52. The first-order valence-corrected chi connectivity index (χ1v) is 5.25. The molecule has 1 aliphatic heterocycles. The van der Waals surface area contributed by atoms with Crippen LogP contribution in [-0.2, 0) is 14.2 Å². The van der Waals surface area contributed by atoms with E-state index in [1.165, 1.54) is 0 Å². The van der Waals surface area contributed by atoms with Crippen LogP contribution in [0.25, 0.3) is 0 Å². The maximum Gasteiger partial charge on any atom is 0.109 e. The van der Waals surface area contributed by atoms with Crippen molar-refractivity contribution in [3.05, 3.63) is 0 Å². The first-order valence-electron chi connectivity index (χ1n) is 5.25. The Morgan fingerprint density at radius 1 is 1.50 bits per heavy atom. The van der Waals surface area contributed by atoms with E-state index in [0.717, 1.165) is 19.4 Å². The maximum atomic E-state index is 9.33. The Morgan fingerprint density at radius 2 is 2.36 bits per heavy atom. The highest BCUT2D eigenvalue weighted by Crippen LogP contribution is 2.27. The number of methoxy groups -OCH3 is 1. The quantitative estimate of drug-likeness (QED) is 0.713. The van der Waals surface area contributed by atoms with E-state index < -0.39 is 0 Å². The van der Waals surface area contributed by atoms with E-state index in [0.29, 0.717) is 13.0 Å². The minimum Gasteiger partial charge on any atom is -0.390 e. The molecule has 0 radical (unpaired) electrons. The van der Waals surface area contributed by atoms with Gasteiger partial charge in [-0.25, -0.2) is 0 Å². The third-order valence-corrected chi connectivity index (χ3v) is 3.01. The molecule has 1 saturated heterocycles. The van der Waals surface area contributed by atoms with Crippen molar-refractivity contribution in [1.29, 1.82) is 0 Å². The molecule has 2 aliphatic rings. The molecule has 0 aromatic rings. The van der Waals surface area contributed by atoms with Gasteiger partial charge < -0.3 is 19.3 Å². The number of ether oxygens (including phenoxy) is 3. The van der Waals surface area contributed by atoms with E-state index in [9.17, 15) is 5.11 Å². The van der Waals surface area contributed by atoms with Gasteiger partial charge in [-0.15, -0.1) is 0 Å². The SMILES string of the molecule is COC1C(O)CC1OCC1CCCO1. The summed E-state index contributed by atoms with van der Waals surface area (Å²) in [5, 5.41) is 9.33. The number of hydrogen-bond acceptors (Lipinski definition) is 4. The fourth-order valence-electron chi connectivity index (χ4n) is 2.04. The summed E-state index contributed by atoms with van der Waals surface area (Å²) in [4.78, 5) is 0. The van der Waals surface area contributed by atoms with Crippen LogP contribution in [0, 0.1) is 0 Å². The molecule has 4 heteroatoms. The van der Waals surface area contributed by atoms with Crippen LogP contribution in [-0.4, -0.2) is 49.8 Å². The molecule has 14 heavy (non-hydrogen) atoms. The van der Waals surface area contributed by atoms with Crippen LogP contribution in [0.4, 0.5) is 0 Å². The summed E-state index contributed by atoms with van der Waals surface area (Å²) in [7, 11) is 1.61. The van der Waals surface area contributed by atoms with Gasteiger partial charge in [-0.3, -0.25) is 0 Å². The fourth-order valence-corrected chi connectivity index (χ4v) is 2.04. The van der Waals surface area contributed by atoms with Crippen LogP contribution in [0.1, 0.15) is 19.3 Å². The molecule has 4 nitrogen and oxygen atoms in total. The van der Waals surface area contributed by atoms with Crippen molar-refractivity contribution in [1.82, 2.24) is 0 Å². The normalized spacial score (nSPS) is 42.4. The van der Waals surface area contributed by atoms with Crippen molar-refractivity contribution >= 4 is 0 Å². The number of aliphatic hydroxyl groups is 1. The molecule has 1 heterocycles. The Labute approximate surface area is 84.1 Å². The van der Waals surface area contributed by atoms with Gasteiger partial charge in [-0.1, -0.05) is 0 Å². The lowest BCUT2D eigenvalue weighted by Crippen LogP contribution is -2.53. The van der Waals surface area contributed by atoms with Gasteiger partial charge in [0, 0.05) is 20.1 Å². The second kappa shape index (κ2) is 4.57. The zero-order valence-corrected chi connectivity index (χ0v) is 8.52. The Balaban J connectivity index is 1.65. The average Bonchev–Trinajstić information content (AvgIpc) is 2.65. The molecule has 1 saturated carbocycles. The number of rotatable bonds is 4. The lowest BCUT2D eigenvalue weighted by molar-refractivity contribution is -0.189. The van der Waals surface area contributed by atoms with Crippen LogP contribution in [0.2, 0.25) is 0 Å². The summed E-state index contributed by atoms with van der Waals surface area (Å²) >= 11 is 0. The monoisotopic (exact) mass is 202 g/mol. The molecule has 0 bridgehead atoms. The molecular formula is C10H18O4. The number of aliphatic hydroxyl groups excluding tert-OH is 1. The maximum absolute atomic E-state index is 9.33. The van der Waals surface area contributed by atoms with Crippen molar-refractivity contribution in [2.75, 3.05) is 20.3 Å². The Hall–Kier alpha value is -0.160. The van der Waals surface area contributed by atoms with Gasteiger partial charge in [-0.2, -0.15) is 0 Å². The van der Waals surface area contributed by atoms with E-state index in [4.69, 9.17) is 14.2 Å². The highest BCUT2D eigenvalue weighted by atomic mass is 16.6. The topological polar surface area (TPSA) is 47.9 Å².